The number of nitrogens with zero attached hydrogens (tertiary/aromatic N) is 1. The summed E-state index contributed by atoms with van der Waals surface area (Å²) in [6.45, 7) is 9.01. The lowest BCUT2D eigenvalue weighted by molar-refractivity contribution is 0.233. The molecule has 1 aliphatic rings. The fourth-order valence-corrected chi connectivity index (χ4v) is 2.72. The molecule has 1 aromatic heterocycles. The van der Waals surface area contributed by atoms with Crippen LogP contribution in [0.3, 0.4) is 0 Å². The number of nitrogens with one attached hydrogen (secondary N) is 1. The van der Waals surface area contributed by atoms with E-state index in [1.165, 1.54) is 5.56 Å². The average Bonchev–Trinajstić information content (AvgIpc) is 2.42. The van der Waals surface area contributed by atoms with Crippen LogP contribution in [-0.2, 0) is 6.54 Å². The van der Waals surface area contributed by atoms with Crippen LogP contribution in [0.25, 0.3) is 11.0 Å². The van der Waals surface area contributed by atoms with Gasteiger partial charge in [0, 0.05) is 44.2 Å². The highest BCUT2D eigenvalue weighted by Crippen LogP contribution is 2.22. The molecule has 106 valence electrons. The van der Waals surface area contributed by atoms with Crippen molar-refractivity contribution in [3.63, 3.8) is 0 Å². The van der Waals surface area contributed by atoms with Gasteiger partial charge in [0.1, 0.15) is 5.58 Å². The van der Waals surface area contributed by atoms with Gasteiger partial charge in [0.25, 0.3) is 0 Å². The lowest BCUT2D eigenvalue weighted by atomic mass is 10.0. The summed E-state index contributed by atoms with van der Waals surface area (Å²) in [4.78, 5) is 14.1. The van der Waals surface area contributed by atoms with Crippen LogP contribution in [-0.4, -0.2) is 31.1 Å². The quantitative estimate of drug-likeness (QED) is 0.847. The molecule has 0 atom stereocenters. The van der Waals surface area contributed by atoms with Gasteiger partial charge in [-0.3, -0.25) is 4.90 Å². The molecule has 4 nitrogen and oxygen atoms in total. The van der Waals surface area contributed by atoms with E-state index in [1.807, 2.05) is 13.0 Å². The molecule has 3 rings (SSSR count). The van der Waals surface area contributed by atoms with Crippen LogP contribution in [0.1, 0.15) is 16.7 Å². The number of piperazine rings is 1. The van der Waals surface area contributed by atoms with E-state index in [2.05, 4.69) is 23.2 Å². The lowest BCUT2D eigenvalue weighted by Gasteiger charge is -2.27. The number of fused-ring (bicyclic) bond motifs is 1. The first-order chi connectivity index (χ1) is 9.63. The van der Waals surface area contributed by atoms with Crippen molar-refractivity contribution in [1.82, 2.24) is 10.2 Å². The minimum atomic E-state index is -0.258. The SMILES string of the molecule is Cc1cc2oc(=O)cc(CN3CCNCC3)c2cc1C. The largest absolute Gasteiger partial charge is 0.423 e. The fraction of sp³-hybridized carbons (Fsp3) is 0.438. The summed E-state index contributed by atoms with van der Waals surface area (Å²) < 4.78 is 5.34. The van der Waals surface area contributed by atoms with E-state index >= 15 is 0 Å². The zero-order valence-corrected chi connectivity index (χ0v) is 12.0. The Kier molecular flexibility index (Phi) is 3.59. The van der Waals surface area contributed by atoms with Crippen molar-refractivity contribution < 1.29 is 4.42 Å². The Hall–Kier alpha value is -1.65. The molecule has 0 amide bonds. The molecule has 0 radical (unpaired) electrons. The maximum atomic E-state index is 11.7. The van der Waals surface area contributed by atoms with Crippen LogP contribution in [0.4, 0.5) is 0 Å². The van der Waals surface area contributed by atoms with E-state index in [-0.39, 0.29) is 5.63 Å². The van der Waals surface area contributed by atoms with Crippen LogP contribution < -0.4 is 10.9 Å². The second-order valence-corrected chi connectivity index (χ2v) is 5.55. The van der Waals surface area contributed by atoms with Crippen LogP contribution >= 0.6 is 0 Å². The lowest BCUT2D eigenvalue weighted by Crippen LogP contribution is -2.43. The maximum absolute atomic E-state index is 11.7. The molecule has 1 N–H and O–H groups in total. The molecule has 20 heavy (non-hydrogen) atoms. The second-order valence-electron chi connectivity index (χ2n) is 5.55. The van der Waals surface area contributed by atoms with Crippen molar-refractivity contribution in [2.45, 2.75) is 20.4 Å². The van der Waals surface area contributed by atoms with Gasteiger partial charge in [-0.2, -0.15) is 0 Å². The van der Waals surface area contributed by atoms with Gasteiger partial charge in [0.05, 0.1) is 0 Å². The monoisotopic (exact) mass is 272 g/mol. The van der Waals surface area contributed by atoms with E-state index in [1.54, 1.807) is 6.07 Å². The first kappa shape index (κ1) is 13.3. The standard InChI is InChI=1S/C16H20N2O2/c1-11-7-14-13(10-18-5-3-17-4-6-18)9-16(19)20-15(14)8-12(11)2/h7-9,17H,3-6,10H2,1-2H3. The van der Waals surface area contributed by atoms with Gasteiger partial charge in [-0.25, -0.2) is 4.79 Å². The third-order valence-corrected chi connectivity index (χ3v) is 4.05. The summed E-state index contributed by atoms with van der Waals surface area (Å²) in [5.74, 6) is 0. The number of hydrogen-bond donors (Lipinski definition) is 1. The molecule has 2 heterocycles. The summed E-state index contributed by atoms with van der Waals surface area (Å²) >= 11 is 0. The molecule has 1 aromatic carbocycles. The summed E-state index contributed by atoms with van der Waals surface area (Å²) in [6, 6.07) is 5.73. The number of rotatable bonds is 2. The highest BCUT2D eigenvalue weighted by Gasteiger charge is 2.13. The minimum Gasteiger partial charge on any atom is -0.423 e. The Morgan fingerprint density at radius 2 is 1.85 bits per heavy atom. The Labute approximate surface area is 118 Å². The maximum Gasteiger partial charge on any atom is 0.336 e. The van der Waals surface area contributed by atoms with E-state index in [0.29, 0.717) is 5.58 Å². The topological polar surface area (TPSA) is 45.5 Å². The van der Waals surface area contributed by atoms with E-state index in [0.717, 1.165) is 49.2 Å². The van der Waals surface area contributed by atoms with Gasteiger partial charge < -0.3 is 9.73 Å². The summed E-state index contributed by atoms with van der Waals surface area (Å²) in [7, 11) is 0. The van der Waals surface area contributed by atoms with Crippen molar-refractivity contribution in [1.29, 1.82) is 0 Å². The van der Waals surface area contributed by atoms with Crippen molar-refractivity contribution in [2.75, 3.05) is 26.2 Å². The number of benzene rings is 1. The molecule has 0 saturated carbocycles. The fourth-order valence-electron chi connectivity index (χ4n) is 2.72. The summed E-state index contributed by atoms with van der Waals surface area (Å²) in [5, 5.41) is 4.41. The number of hydrogen-bond acceptors (Lipinski definition) is 4. The molecule has 4 heteroatoms. The second kappa shape index (κ2) is 5.38. The summed E-state index contributed by atoms with van der Waals surface area (Å²) in [5.41, 5.74) is 3.89. The van der Waals surface area contributed by atoms with Crippen molar-refractivity contribution >= 4 is 11.0 Å². The van der Waals surface area contributed by atoms with Gasteiger partial charge in [-0.1, -0.05) is 0 Å². The molecule has 2 aromatic rings. The molecule has 0 bridgehead atoms. The highest BCUT2D eigenvalue weighted by molar-refractivity contribution is 5.81. The number of aryl methyl sites for hydroxylation is 2. The van der Waals surface area contributed by atoms with Crippen molar-refractivity contribution in [2.24, 2.45) is 0 Å². The van der Waals surface area contributed by atoms with E-state index in [4.69, 9.17) is 4.42 Å². The Balaban J connectivity index is 2.04. The van der Waals surface area contributed by atoms with Gasteiger partial charge in [-0.05, 0) is 42.7 Å². The van der Waals surface area contributed by atoms with Gasteiger partial charge in [-0.15, -0.1) is 0 Å². The molecule has 1 fully saturated rings. The van der Waals surface area contributed by atoms with Crippen LogP contribution in [0.15, 0.2) is 27.4 Å². The van der Waals surface area contributed by atoms with E-state index in [9.17, 15) is 4.79 Å². The zero-order chi connectivity index (χ0) is 14.1. The minimum absolute atomic E-state index is 0.258. The zero-order valence-electron chi connectivity index (χ0n) is 12.0. The predicted molar refractivity (Wildman–Crippen MR) is 80.1 cm³/mol. The van der Waals surface area contributed by atoms with Gasteiger partial charge in [0.15, 0.2) is 0 Å². The molecule has 0 aliphatic carbocycles. The Morgan fingerprint density at radius 3 is 2.60 bits per heavy atom. The summed E-state index contributed by atoms with van der Waals surface area (Å²) in [6.07, 6.45) is 0. The van der Waals surface area contributed by atoms with Crippen LogP contribution in [0.2, 0.25) is 0 Å². The molecule has 1 aliphatic heterocycles. The Bertz CT molecular complexity index is 685. The first-order valence-electron chi connectivity index (χ1n) is 7.10. The molecular weight excluding hydrogens is 252 g/mol. The first-order valence-corrected chi connectivity index (χ1v) is 7.10. The van der Waals surface area contributed by atoms with E-state index < -0.39 is 0 Å². The highest BCUT2D eigenvalue weighted by atomic mass is 16.4. The van der Waals surface area contributed by atoms with Crippen LogP contribution in [0, 0.1) is 13.8 Å². The van der Waals surface area contributed by atoms with Crippen molar-refractivity contribution in [3.05, 3.63) is 45.3 Å². The smallest absolute Gasteiger partial charge is 0.336 e. The predicted octanol–water partition coefficient (Wildman–Crippen LogP) is 1.82. The van der Waals surface area contributed by atoms with Crippen LogP contribution in [0.5, 0.6) is 0 Å². The third-order valence-electron chi connectivity index (χ3n) is 4.05. The molecular formula is C16H20N2O2. The van der Waals surface area contributed by atoms with Crippen molar-refractivity contribution in [3.8, 4) is 0 Å². The molecule has 0 spiro atoms. The molecule has 0 unspecified atom stereocenters. The third kappa shape index (κ3) is 2.62. The molecule has 1 saturated heterocycles. The average molecular weight is 272 g/mol. The van der Waals surface area contributed by atoms with Gasteiger partial charge in [0.2, 0.25) is 0 Å². The Morgan fingerprint density at radius 1 is 1.15 bits per heavy atom. The van der Waals surface area contributed by atoms with Gasteiger partial charge >= 0.3 is 5.63 Å². The normalized spacial score (nSPS) is 16.7.